The van der Waals surface area contributed by atoms with Crippen molar-refractivity contribution < 1.29 is 0 Å². The van der Waals surface area contributed by atoms with E-state index in [0.29, 0.717) is 6.54 Å². The van der Waals surface area contributed by atoms with Crippen molar-refractivity contribution in [2.45, 2.75) is 10.4 Å². The zero-order chi connectivity index (χ0) is 11.5. The van der Waals surface area contributed by atoms with Gasteiger partial charge in [-0.15, -0.1) is 10.2 Å². The maximum absolute atomic E-state index is 5.77. The van der Waals surface area contributed by atoms with Crippen molar-refractivity contribution in [3.63, 3.8) is 0 Å². The highest BCUT2D eigenvalue weighted by Gasteiger charge is 2.15. The Kier molecular flexibility index (Phi) is 3.25. The molecule has 6 nitrogen and oxygen atoms in total. The van der Waals surface area contributed by atoms with Gasteiger partial charge in [-0.3, -0.25) is 4.68 Å². The van der Waals surface area contributed by atoms with E-state index in [-0.39, 0.29) is 5.25 Å². The van der Waals surface area contributed by atoms with Crippen molar-refractivity contribution in [3.05, 3.63) is 24.3 Å². The van der Waals surface area contributed by atoms with Crippen LogP contribution in [0.5, 0.6) is 0 Å². The van der Waals surface area contributed by atoms with Crippen LogP contribution in [0.1, 0.15) is 10.8 Å². The molecule has 0 fully saturated rings. The third-order valence-corrected chi connectivity index (χ3v) is 3.56. The molecule has 0 radical (unpaired) electrons. The Labute approximate surface area is 97.8 Å². The number of aryl methyl sites for hydroxylation is 2. The van der Waals surface area contributed by atoms with Crippen molar-refractivity contribution in [2.24, 2.45) is 19.8 Å². The second-order valence-corrected chi connectivity index (χ2v) is 4.68. The quantitative estimate of drug-likeness (QED) is 0.777. The molecule has 0 aliphatic carbocycles. The van der Waals surface area contributed by atoms with E-state index in [2.05, 4.69) is 15.3 Å². The van der Waals surface area contributed by atoms with Gasteiger partial charge < -0.3 is 10.3 Å². The lowest BCUT2D eigenvalue weighted by molar-refractivity contribution is 0.765. The molecule has 86 valence electrons. The zero-order valence-electron chi connectivity index (χ0n) is 9.24. The van der Waals surface area contributed by atoms with Crippen LogP contribution in [0.25, 0.3) is 0 Å². The molecule has 0 spiro atoms. The molecule has 16 heavy (non-hydrogen) atoms. The van der Waals surface area contributed by atoms with Crippen molar-refractivity contribution in [1.29, 1.82) is 0 Å². The molecule has 0 aromatic carbocycles. The summed E-state index contributed by atoms with van der Waals surface area (Å²) in [4.78, 5) is 0. The molecule has 0 amide bonds. The molecule has 2 N–H and O–H groups in total. The van der Waals surface area contributed by atoms with E-state index in [9.17, 15) is 0 Å². The van der Waals surface area contributed by atoms with Gasteiger partial charge in [0.25, 0.3) is 0 Å². The van der Waals surface area contributed by atoms with Gasteiger partial charge in [0.15, 0.2) is 5.16 Å². The van der Waals surface area contributed by atoms with E-state index in [1.165, 1.54) is 0 Å². The van der Waals surface area contributed by atoms with Crippen LogP contribution in [-0.4, -0.2) is 31.1 Å². The highest BCUT2D eigenvalue weighted by atomic mass is 32.2. The molecular weight excluding hydrogens is 224 g/mol. The second-order valence-electron chi connectivity index (χ2n) is 3.51. The van der Waals surface area contributed by atoms with Crippen LogP contribution in [0.3, 0.4) is 0 Å². The smallest absolute Gasteiger partial charge is 0.191 e. The highest BCUT2D eigenvalue weighted by molar-refractivity contribution is 7.99. The number of rotatable bonds is 4. The minimum atomic E-state index is 0.164. The number of hydrogen-bond donors (Lipinski definition) is 1. The monoisotopic (exact) mass is 238 g/mol. The average molecular weight is 238 g/mol. The Bertz CT molecular complexity index is 462. The van der Waals surface area contributed by atoms with Gasteiger partial charge >= 0.3 is 0 Å². The first-order valence-electron chi connectivity index (χ1n) is 4.90. The first kappa shape index (κ1) is 11.2. The van der Waals surface area contributed by atoms with Gasteiger partial charge in [0.1, 0.15) is 6.33 Å². The largest absolute Gasteiger partial charge is 0.329 e. The number of nitrogens with two attached hydrogens (primary N) is 1. The van der Waals surface area contributed by atoms with Gasteiger partial charge in [0.2, 0.25) is 0 Å². The van der Waals surface area contributed by atoms with Gasteiger partial charge in [-0.2, -0.15) is 5.10 Å². The van der Waals surface area contributed by atoms with E-state index in [4.69, 9.17) is 5.73 Å². The SMILES string of the molecule is Cn1cc(C(CN)Sc2nncn2C)cn1. The minimum absolute atomic E-state index is 0.164. The van der Waals surface area contributed by atoms with Crippen LogP contribution < -0.4 is 5.73 Å². The second kappa shape index (κ2) is 4.67. The fourth-order valence-electron chi connectivity index (χ4n) is 1.37. The van der Waals surface area contributed by atoms with Crippen LogP contribution in [0, 0.1) is 0 Å². The molecule has 0 saturated heterocycles. The van der Waals surface area contributed by atoms with Crippen LogP contribution in [-0.2, 0) is 14.1 Å². The standard InChI is InChI=1S/C9H14N6S/c1-14-6-11-13-9(14)16-8(3-10)7-4-12-15(2)5-7/h4-6,8H,3,10H2,1-2H3. The maximum Gasteiger partial charge on any atom is 0.191 e. The lowest BCUT2D eigenvalue weighted by atomic mass is 10.2. The van der Waals surface area contributed by atoms with E-state index in [1.807, 2.05) is 31.1 Å². The maximum atomic E-state index is 5.77. The molecule has 2 aromatic heterocycles. The summed E-state index contributed by atoms with van der Waals surface area (Å²) in [6.07, 6.45) is 5.49. The van der Waals surface area contributed by atoms with Gasteiger partial charge in [0.05, 0.1) is 11.4 Å². The molecule has 1 unspecified atom stereocenters. The Morgan fingerprint density at radius 1 is 1.50 bits per heavy atom. The molecule has 1 atom stereocenters. The number of hydrogen-bond acceptors (Lipinski definition) is 5. The van der Waals surface area contributed by atoms with Gasteiger partial charge in [-0.25, -0.2) is 0 Å². The van der Waals surface area contributed by atoms with E-state index in [0.717, 1.165) is 10.7 Å². The molecule has 0 aliphatic heterocycles. The van der Waals surface area contributed by atoms with Crippen LogP contribution >= 0.6 is 11.8 Å². The summed E-state index contributed by atoms with van der Waals surface area (Å²) >= 11 is 1.60. The molecule has 2 aromatic rings. The van der Waals surface area contributed by atoms with E-state index in [1.54, 1.807) is 22.8 Å². The Balaban J connectivity index is 2.15. The van der Waals surface area contributed by atoms with Gasteiger partial charge in [0, 0.05) is 32.4 Å². The summed E-state index contributed by atoms with van der Waals surface area (Å²) in [6.45, 7) is 0.545. The van der Waals surface area contributed by atoms with Crippen molar-refractivity contribution >= 4 is 11.8 Å². The summed E-state index contributed by atoms with van der Waals surface area (Å²) in [5.41, 5.74) is 6.87. The molecule has 7 heteroatoms. The lowest BCUT2D eigenvalue weighted by Gasteiger charge is -2.10. The summed E-state index contributed by atoms with van der Waals surface area (Å²) in [5.74, 6) is 0. The van der Waals surface area contributed by atoms with E-state index < -0.39 is 0 Å². The van der Waals surface area contributed by atoms with Crippen LogP contribution in [0.15, 0.2) is 23.9 Å². The lowest BCUT2D eigenvalue weighted by Crippen LogP contribution is -2.09. The van der Waals surface area contributed by atoms with Crippen molar-refractivity contribution in [1.82, 2.24) is 24.5 Å². The summed E-state index contributed by atoms with van der Waals surface area (Å²) in [6, 6.07) is 0. The van der Waals surface area contributed by atoms with Gasteiger partial charge in [-0.05, 0) is 0 Å². The Morgan fingerprint density at radius 2 is 2.31 bits per heavy atom. The van der Waals surface area contributed by atoms with Crippen LogP contribution in [0.2, 0.25) is 0 Å². The molecule has 0 saturated carbocycles. The Morgan fingerprint density at radius 3 is 2.81 bits per heavy atom. The summed E-state index contributed by atoms with van der Waals surface area (Å²) in [5, 5.41) is 13.0. The minimum Gasteiger partial charge on any atom is -0.329 e. The first-order chi connectivity index (χ1) is 7.70. The summed E-state index contributed by atoms with van der Waals surface area (Å²) in [7, 11) is 3.81. The van der Waals surface area contributed by atoms with E-state index >= 15 is 0 Å². The number of thioether (sulfide) groups is 1. The topological polar surface area (TPSA) is 74.6 Å². The molecule has 2 heterocycles. The average Bonchev–Trinajstić information content (AvgIpc) is 2.85. The van der Waals surface area contributed by atoms with Crippen LogP contribution in [0.4, 0.5) is 0 Å². The fraction of sp³-hybridized carbons (Fsp3) is 0.444. The van der Waals surface area contributed by atoms with Gasteiger partial charge in [-0.1, -0.05) is 11.8 Å². The predicted molar refractivity (Wildman–Crippen MR) is 61.9 cm³/mol. The molecule has 2 rings (SSSR count). The zero-order valence-corrected chi connectivity index (χ0v) is 10.1. The number of nitrogens with zero attached hydrogens (tertiary/aromatic N) is 5. The third kappa shape index (κ3) is 2.25. The molecule has 0 aliphatic rings. The number of aromatic nitrogens is 5. The molecule has 0 bridgehead atoms. The van der Waals surface area contributed by atoms with Crippen molar-refractivity contribution in [2.75, 3.05) is 6.54 Å². The summed E-state index contributed by atoms with van der Waals surface area (Å²) < 4.78 is 3.65. The molecular formula is C9H14N6S. The highest BCUT2D eigenvalue weighted by Crippen LogP contribution is 2.32. The Hall–Kier alpha value is -1.34. The first-order valence-corrected chi connectivity index (χ1v) is 5.78. The predicted octanol–water partition coefficient (Wildman–Crippen LogP) is 0.341. The third-order valence-electron chi connectivity index (χ3n) is 2.23. The van der Waals surface area contributed by atoms with Crippen molar-refractivity contribution in [3.8, 4) is 0 Å². The normalized spacial score (nSPS) is 12.9. The fourth-order valence-corrected chi connectivity index (χ4v) is 2.28.